The monoisotopic (exact) mass is 445 g/mol. The number of hydrogen-bond acceptors (Lipinski definition) is 4. The minimum Gasteiger partial charge on any atom is -0.493 e. The number of aromatic nitrogens is 1. The molecule has 1 atom stereocenters. The molecule has 1 saturated heterocycles. The topological polar surface area (TPSA) is 49.7 Å². The first kappa shape index (κ1) is 22.9. The molecule has 1 unspecified atom stereocenters. The quantitative estimate of drug-likeness (QED) is 0.430. The lowest BCUT2D eigenvalue weighted by Crippen LogP contribution is -2.25. The zero-order valence-corrected chi connectivity index (χ0v) is 19.3. The Labute approximate surface area is 195 Å². The molecule has 3 aromatic rings. The molecule has 0 radical (unpaired) electrons. The van der Waals surface area contributed by atoms with Gasteiger partial charge in [-0.05, 0) is 72.4 Å². The number of benzene rings is 2. The molecule has 5 nitrogen and oxygen atoms in total. The van der Waals surface area contributed by atoms with Crippen LogP contribution in [0.1, 0.15) is 44.2 Å². The van der Waals surface area contributed by atoms with Crippen molar-refractivity contribution in [3.8, 4) is 17.2 Å². The van der Waals surface area contributed by atoms with Crippen molar-refractivity contribution in [2.45, 2.75) is 39.4 Å². The van der Waals surface area contributed by atoms with E-state index in [1.54, 1.807) is 16.8 Å². The van der Waals surface area contributed by atoms with Gasteiger partial charge in [-0.15, -0.1) is 0 Å². The lowest BCUT2D eigenvalue weighted by Gasteiger charge is -2.23. The first-order valence-corrected chi connectivity index (χ1v) is 11.6. The molecule has 4 rings (SSSR count). The maximum Gasteiger partial charge on any atom is 0.255 e. The van der Waals surface area contributed by atoms with Crippen molar-refractivity contribution >= 4 is 12.2 Å². The van der Waals surface area contributed by atoms with E-state index in [0.29, 0.717) is 12.5 Å². The maximum absolute atomic E-state index is 12.7. The second-order valence-electron chi connectivity index (χ2n) is 8.68. The van der Waals surface area contributed by atoms with Gasteiger partial charge in [0.2, 0.25) is 0 Å². The van der Waals surface area contributed by atoms with Gasteiger partial charge in [-0.25, -0.2) is 0 Å². The Hall–Kier alpha value is -3.31. The van der Waals surface area contributed by atoms with E-state index in [4.69, 9.17) is 14.2 Å². The molecule has 0 spiro atoms. The van der Waals surface area contributed by atoms with Crippen LogP contribution in [-0.4, -0.2) is 24.1 Å². The van der Waals surface area contributed by atoms with Crippen LogP contribution in [0.3, 0.4) is 0 Å². The smallest absolute Gasteiger partial charge is 0.255 e. The van der Waals surface area contributed by atoms with Gasteiger partial charge in [0.05, 0.1) is 13.2 Å². The third kappa shape index (κ3) is 6.59. The summed E-state index contributed by atoms with van der Waals surface area (Å²) in [5.74, 6) is 2.11. The summed E-state index contributed by atoms with van der Waals surface area (Å²) in [5, 5.41) is 0. The molecule has 1 aliphatic rings. The van der Waals surface area contributed by atoms with Crippen molar-refractivity contribution in [1.29, 1.82) is 0 Å². The van der Waals surface area contributed by atoms with Gasteiger partial charge in [-0.1, -0.05) is 38.1 Å². The Bertz CT molecular complexity index is 1110. The van der Waals surface area contributed by atoms with Crippen LogP contribution < -0.4 is 15.0 Å². The van der Waals surface area contributed by atoms with Gasteiger partial charge in [0, 0.05) is 24.4 Å². The lowest BCUT2D eigenvalue weighted by atomic mass is 10.1. The molecule has 0 saturated carbocycles. The van der Waals surface area contributed by atoms with Gasteiger partial charge in [0.15, 0.2) is 6.29 Å². The molecule has 0 amide bonds. The Morgan fingerprint density at radius 2 is 1.70 bits per heavy atom. The number of nitrogens with zero attached hydrogens (tertiary/aromatic N) is 1. The third-order valence-corrected chi connectivity index (χ3v) is 5.40. The normalized spacial score (nSPS) is 16.3. The summed E-state index contributed by atoms with van der Waals surface area (Å²) < 4.78 is 18.8. The molecule has 5 heteroatoms. The van der Waals surface area contributed by atoms with Gasteiger partial charge < -0.3 is 14.2 Å². The maximum atomic E-state index is 12.7. The van der Waals surface area contributed by atoms with Crippen molar-refractivity contribution in [3.05, 3.63) is 88.3 Å². The predicted molar refractivity (Wildman–Crippen MR) is 132 cm³/mol. The van der Waals surface area contributed by atoms with Crippen LogP contribution in [-0.2, 0) is 4.74 Å². The summed E-state index contributed by atoms with van der Waals surface area (Å²) in [4.78, 5) is 12.7. The zero-order chi connectivity index (χ0) is 23.0. The first-order valence-electron chi connectivity index (χ1n) is 11.6. The average molecular weight is 446 g/mol. The molecule has 2 aromatic carbocycles. The lowest BCUT2D eigenvalue weighted by molar-refractivity contribution is -0.105. The minimum absolute atomic E-state index is 0.0844. The van der Waals surface area contributed by atoms with Gasteiger partial charge >= 0.3 is 0 Å². The van der Waals surface area contributed by atoms with Gasteiger partial charge in [0.1, 0.15) is 11.5 Å². The van der Waals surface area contributed by atoms with Crippen LogP contribution in [0.2, 0.25) is 0 Å². The minimum atomic E-state index is -0.179. The van der Waals surface area contributed by atoms with Crippen molar-refractivity contribution in [3.63, 3.8) is 0 Å². The largest absolute Gasteiger partial charge is 0.493 e. The SMILES string of the molecule is CC(C)COc1ccc(C=Cc2ccn(-c3ccc(OC4CCCCO4)cc3)c(=O)c2)cc1. The molecular weight excluding hydrogens is 414 g/mol. The summed E-state index contributed by atoms with van der Waals surface area (Å²) >= 11 is 0. The highest BCUT2D eigenvalue weighted by Gasteiger charge is 2.15. The van der Waals surface area contributed by atoms with E-state index in [1.807, 2.05) is 66.7 Å². The second-order valence-corrected chi connectivity index (χ2v) is 8.68. The first-order chi connectivity index (χ1) is 16.1. The molecule has 0 N–H and O–H groups in total. The fourth-order valence-corrected chi connectivity index (χ4v) is 3.58. The zero-order valence-electron chi connectivity index (χ0n) is 19.3. The van der Waals surface area contributed by atoms with E-state index in [-0.39, 0.29) is 11.8 Å². The predicted octanol–water partition coefficient (Wildman–Crippen LogP) is 5.95. The molecule has 172 valence electrons. The Kier molecular flexibility index (Phi) is 7.63. The van der Waals surface area contributed by atoms with Gasteiger partial charge in [-0.2, -0.15) is 0 Å². The van der Waals surface area contributed by atoms with Crippen LogP contribution in [0, 0.1) is 5.92 Å². The highest BCUT2D eigenvalue weighted by atomic mass is 16.7. The Morgan fingerprint density at radius 1 is 0.970 bits per heavy atom. The number of hydrogen-bond donors (Lipinski definition) is 0. The summed E-state index contributed by atoms with van der Waals surface area (Å²) in [7, 11) is 0. The molecule has 0 bridgehead atoms. The van der Waals surface area contributed by atoms with Crippen LogP contribution in [0.4, 0.5) is 0 Å². The van der Waals surface area contributed by atoms with Gasteiger partial charge in [-0.3, -0.25) is 9.36 Å². The molecular formula is C28H31NO4. The Morgan fingerprint density at radius 3 is 2.36 bits per heavy atom. The van der Waals surface area contributed by atoms with Crippen LogP contribution in [0.15, 0.2) is 71.7 Å². The summed E-state index contributed by atoms with van der Waals surface area (Å²) in [5.41, 5.74) is 2.61. The fourth-order valence-electron chi connectivity index (χ4n) is 3.58. The second kappa shape index (κ2) is 11.0. The molecule has 33 heavy (non-hydrogen) atoms. The van der Waals surface area contributed by atoms with Crippen LogP contribution >= 0.6 is 0 Å². The number of pyridine rings is 1. The van der Waals surface area contributed by atoms with E-state index in [2.05, 4.69) is 13.8 Å². The Balaban J connectivity index is 1.39. The molecule has 1 fully saturated rings. The molecule has 0 aliphatic carbocycles. The van der Waals surface area contributed by atoms with Crippen molar-refractivity contribution in [2.75, 3.05) is 13.2 Å². The summed E-state index contributed by atoms with van der Waals surface area (Å²) in [6, 6.07) is 19.0. The van der Waals surface area contributed by atoms with Crippen molar-refractivity contribution in [2.24, 2.45) is 5.92 Å². The van der Waals surface area contributed by atoms with E-state index < -0.39 is 0 Å². The average Bonchev–Trinajstić information content (AvgIpc) is 2.83. The molecule has 1 aromatic heterocycles. The van der Waals surface area contributed by atoms with E-state index in [0.717, 1.165) is 54.2 Å². The van der Waals surface area contributed by atoms with E-state index in [1.165, 1.54) is 0 Å². The fraction of sp³-hybridized carbons (Fsp3) is 0.321. The van der Waals surface area contributed by atoms with E-state index >= 15 is 0 Å². The molecule has 2 heterocycles. The highest BCUT2D eigenvalue weighted by molar-refractivity contribution is 5.69. The standard InChI is InChI=1S/C28H31NO4/c1-21(2)20-32-25-12-8-22(9-13-25)6-7-23-16-17-29(27(30)19-23)24-10-14-26(15-11-24)33-28-5-3-4-18-31-28/h6-17,19,21,28H,3-5,18,20H2,1-2H3. The highest BCUT2D eigenvalue weighted by Crippen LogP contribution is 2.21. The molecule has 1 aliphatic heterocycles. The third-order valence-electron chi connectivity index (χ3n) is 5.40. The van der Waals surface area contributed by atoms with Crippen molar-refractivity contribution < 1.29 is 14.2 Å². The van der Waals surface area contributed by atoms with Crippen LogP contribution in [0.25, 0.3) is 17.8 Å². The summed E-state index contributed by atoms with van der Waals surface area (Å²) in [6.45, 7) is 5.71. The van der Waals surface area contributed by atoms with Crippen molar-refractivity contribution in [1.82, 2.24) is 4.57 Å². The summed E-state index contributed by atoms with van der Waals surface area (Å²) in [6.07, 6.45) is 8.67. The number of ether oxygens (including phenoxy) is 3. The van der Waals surface area contributed by atoms with Gasteiger partial charge in [0.25, 0.3) is 5.56 Å². The van der Waals surface area contributed by atoms with E-state index in [9.17, 15) is 4.79 Å². The van der Waals surface area contributed by atoms with Crippen LogP contribution in [0.5, 0.6) is 11.5 Å². The number of rotatable bonds is 8.